The van der Waals surface area contributed by atoms with E-state index < -0.39 is 0 Å². The number of rotatable bonds is 1. The molecule has 0 amide bonds. The Balaban J connectivity index is 1.61. The molecule has 2 bridgehead atoms. The van der Waals surface area contributed by atoms with Gasteiger partial charge in [-0.15, -0.1) is 0 Å². The van der Waals surface area contributed by atoms with E-state index in [0.717, 1.165) is 33.1 Å². The van der Waals surface area contributed by atoms with Crippen LogP contribution in [0, 0.1) is 5.41 Å². The molecule has 0 aliphatic heterocycles. The van der Waals surface area contributed by atoms with Crippen molar-refractivity contribution in [2.24, 2.45) is 5.41 Å². The van der Waals surface area contributed by atoms with E-state index in [4.69, 9.17) is 9.97 Å². The molecule has 1 fully saturated rings. The topological polar surface area (TPSA) is 38.7 Å². The molecule has 0 spiro atoms. The standard InChI is InChI=1S/C26H25N3/c1-24(2)25(3)12-13-26(24,4)22-20(25)15-28-23(29-22)19-9-5-8-18-17(19)11-10-16-7-6-14-27-21(16)18/h5-11,14-15H,12-13H2,1-4H3. The molecule has 6 rings (SSSR count). The lowest BCUT2D eigenvalue weighted by molar-refractivity contribution is 0.170. The normalized spacial score (nSPS) is 26.9. The quantitative estimate of drug-likeness (QED) is 0.370. The number of hydrogen-bond acceptors (Lipinski definition) is 3. The van der Waals surface area contributed by atoms with Crippen molar-refractivity contribution >= 4 is 21.7 Å². The second-order valence-electron chi connectivity index (χ2n) is 9.79. The van der Waals surface area contributed by atoms with Crippen molar-refractivity contribution in [2.75, 3.05) is 0 Å². The fourth-order valence-corrected chi connectivity index (χ4v) is 6.05. The molecule has 2 heterocycles. The van der Waals surface area contributed by atoms with Gasteiger partial charge in [0.2, 0.25) is 0 Å². The van der Waals surface area contributed by atoms with Gasteiger partial charge in [-0.3, -0.25) is 4.98 Å². The molecule has 2 aliphatic carbocycles. The first kappa shape index (κ1) is 17.1. The van der Waals surface area contributed by atoms with Crippen LogP contribution in [-0.2, 0) is 10.8 Å². The molecule has 2 atom stereocenters. The lowest BCUT2D eigenvalue weighted by atomic mass is 9.64. The van der Waals surface area contributed by atoms with Crippen LogP contribution >= 0.6 is 0 Å². The summed E-state index contributed by atoms with van der Waals surface area (Å²) in [4.78, 5) is 14.7. The van der Waals surface area contributed by atoms with Crippen molar-refractivity contribution in [2.45, 2.75) is 51.4 Å². The first-order valence-electron chi connectivity index (χ1n) is 10.5. The zero-order valence-corrected chi connectivity index (χ0v) is 17.5. The summed E-state index contributed by atoms with van der Waals surface area (Å²) in [6, 6.07) is 14.8. The van der Waals surface area contributed by atoms with Gasteiger partial charge in [-0.25, -0.2) is 9.97 Å². The molecular formula is C26H25N3. The van der Waals surface area contributed by atoms with E-state index in [-0.39, 0.29) is 16.2 Å². The molecular weight excluding hydrogens is 354 g/mol. The lowest BCUT2D eigenvalue weighted by Gasteiger charge is -2.38. The highest BCUT2D eigenvalue weighted by molar-refractivity contribution is 6.09. The summed E-state index contributed by atoms with van der Waals surface area (Å²) >= 11 is 0. The number of hydrogen-bond donors (Lipinski definition) is 0. The summed E-state index contributed by atoms with van der Waals surface area (Å²) in [5, 5.41) is 3.48. The zero-order valence-electron chi connectivity index (χ0n) is 17.5. The Bertz CT molecular complexity index is 1320. The van der Waals surface area contributed by atoms with Crippen LogP contribution in [0.1, 0.15) is 51.8 Å². The first-order valence-corrected chi connectivity index (χ1v) is 10.5. The molecule has 144 valence electrons. The van der Waals surface area contributed by atoms with E-state index in [2.05, 4.69) is 75.3 Å². The van der Waals surface area contributed by atoms with E-state index in [1.807, 2.05) is 12.3 Å². The molecule has 0 N–H and O–H groups in total. The van der Waals surface area contributed by atoms with Gasteiger partial charge in [0.05, 0.1) is 11.2 Å². The Morgan fingerprint density at radius 2 is 1.62 bits per heavy atom. The molecule has 0 radical (unpaired) electrons. The van der Waals surface area contributed by atoms with E-state index >= 15 is 0 Å². The molecule has 2 aromatic carbocycles. The highest BCUT2D eigenvalue weighted by Crippen LogP contribution is 2.70. The molecule has 3 nitrogen and oxygen atoms in total. The number of benzene rings is 2. The van der Waals surface area contributed by atoms with E-state index in [1.54, 1.807) is 0 Å². The van der Waals surface area contributed by atoms with Crippen LogP contribution < -0.4 is 0 Å². The van der Waals surface area contributed by atoms with E-state index in [0.29, 0.717) is 0 Å². The Labute approximate surface area is 171 Å². The first-order chi connectivity index (χ1) is 13.9. The molecule has 0 saturated heterocycles. The SMILES string of the molecule is CC12CCC(C)(c3nc(-c4cccc5c4ccc4cccnc45)ncc31)C2(C)C. The van der Waals surface area contributed by atoms with Gasteiger partial charge in [0.1, 0.15) is 0 Å². The molecule has 4 aromatic rings. The monoisotopic (exact) mass is 379 g/mol. The Hall–Kier alpha value is -2.81. The summed E-state index contributed by atoms with van der Waals surface area (Å²) in [5.74, 6) is 0.831. The van der Waals surface area contributed by atoms with Crippen LogP contribution in [0.2, 0.25) is 0 Å². The number of nitrogens with zero attached hydrogens (tertiary/aromatic N) is 3. The fourth-order valence-electron chi connectivity index (χ4n) is 6.05. The summed E-state index contributed by atoms with van der Waals surface area (Å²) in [6.07, 6.45) is 6.39. The van der Waals surface area contributed by atoms with Gasteiger partial charge in [-0.05, 0) is 35.3 Å². The number of fused-ring (bicyclic) bond motifs is 8. The van der Waals surface area contributed by atoms with Crippen molar-refractivity contribution in [1.82, 2.24) is 15.0 Å². The third-order valence-corrected chi connectivity index (χ3v) is 8.66. The minimum absolute atomic E-state index is 0.105. The fraction of sp³-hybridized carbons (Fsp3) is 0.346. The van der Waals surface area contributed by atoms with Crippen molar-refractivity contribution < 1.29 is 0 Å². The largest absolute Gasteiger partial charge is 0.256 e. The van der Waals surface area contributed by atoms with Crippen LogP contribution in [0.5, 0.6) is 0 Å². The zero-order chi connectivity index (χ0) is 20.0. The minimum Gasteiger partial charge on any atom is -0.256 e. The molecule has 29 heavy (non-hydrogen) atoms. The van der Waals surface area contributed by atoms with Gasteiger partial charge in [0.15, 0.2) is 5.82 Å². The highest BCUT2D eigenvalue weighted by Gasteiger charge is 2.66. The Morgan fingerprint density at radius 3 is 2.48 bits per heavy atom. The number of pyridine rings is 1. The van der Waals surface area contributed by atoms with Crippen LogP contribution in [-0.4, -0.2) is 15.0 Å². The predicted octanol–water partition coefficient (Wildman–Crippen LogP) is 6.19. The van der Waals surface area contributed by atoms with E-state index in [9.17, 15) is 0 Å². The maximum atomic E-state index is 5.22. The summed E-state index contributed by atoms with van der Waals surface area (Å²) in [5.41, 5.74) is 5.20. The maximum Gasteiger partial charge on any atom is 0.160 e. The number of aromatic nitrogens is 3. The molecule has 1 saturated carbocycles. The smallest absolute Gasteiger partial charge is 0.160 e. The van der Waals surface area contributed by atoms with Gasteiger partial charge < -0.3 is 0 Å². The van der Waals surface area contributed by atoms with Crippen molar-refractivity contribution in [3.05, 3.63) is 66.1 Å². The molecule has 2 aliphatic rings. The van der Waals surface area contributed by atoms with Gasteiger partial charge in [-0.1, -0.05) is 64.1 Å². The summed E-state index contributed by atoms with van der Waals surface area (Å²) in [6.45, 7) is 9.64. The van der Waals surface area contributed by atoms with Crippen molar-refractivity contribution in [3.63, 3.8) is 0 Å². The molecule has 2 aromatic heterocycles. The lowest BCUT2D eigenvalue weighted by Crippen LogP contribution is -2.37. The second-order valence-corrected chi connectivity index (χ2v) is 9.79. The molecule has 2 unspecified atom stereocenters. The second kappa shape index (κ2) is 5.21. The van der Waals surface area contributed by atoms with Gasteiger partial charge in [0, 0.05) is 39.6 Å². The third-order valence-electron chi connectivity index (χ3n) is 8.66. The Kier molecular flexibility index (Phi) is 3.07. The average molecular weight is 380 g/mol. The van der Waals surface area contributed by atoms with Crippen LogP contribution in [0.3, 0.4) is 0 Å². The van der Waals surface area contributed by atoms with Gasteiger partial charge in [0.25, 0.3) is 0 Å². The van der Waals surface area contributed by atoms with Crippen molar-refractivity contribution in [1.29, 1.82) is 0 Å². The van der Waals surface area contributed by atoms with E-state index in [1.165, 1.54) is 24.1 Å². The van der Waals surface area contributed by atoms with Gasteiger partial charge >= 0.3 is 0 Å². The Morgan fingerprint density at radius 1 is 0.793 bits per heavy atom. The van der Waals surface area contributed by atoms with Crippen molar-refractivity contribution in [3.8, 4) is 11.4 Å². The minimum atomic E-state index is 0.105. The third kappa shape index (κ3) is 1.87. The predicted molar refractivity (Wildman–Crippen MR) is 118 cm³/mol. The average Bonchev–Trinajstić information content (AvgIpc) is 3.01. The molecule has 3 heteroatoms. The maximum absolute atomic E-state index is 5.22. The summed E-state index contributed by atoms with van der Waals surface area (Å²) in [7, 11) is 0. The van der Waals surface area contributed by atoms with Gasteiger partial charge in [-0.2, -0.15) is 0 Å². The summed E-state index contributed by atoms with van der Waals surface area (Å²) < 4.78 is 0. The van der Waals surface area contributed by atoms with Crippen LogP contribution in [0.15, 0.2) is 54.9 Å². The van der Waals surface area contributed by atoms with Crippen LogP contribution in [0.25, 0.3) is 33.1 Å². The van der Waals surface area contributed by atoms with Crippen LogP contribution in [0.4, 0.5) is 0 Å². The highest BCUT2D eigenvalue weighted by atomic mass is 14.9.